The molecule has 54 valence electrons. The Bertz CT molecular complexity index is 91.6. The maximum Gasteiger partial charge on any atom is 0.0683 e. The Morgan fingerprint density at radius 3 is 2.56 bits per heavy atom. The molecule has 2 heteroatoms. The molecule has 1 saturated carbocycles. The van der Waals surface area contributed by atoms with Gasteiger partial charge in [-0.1, -0.05) is 0 Å². The summed E-state index contributed by atoms with van der Waals surface area (Å²) in [5, 5.41) is 0. The Kier molecular flexibility index (Phi) is 1.78. The van der Waals surface area contributed by atoms with E-state index in [1.54, 1.807) is 0 Å². The molecule has 0 unspecified atom stereocenters. The van der Waals surface area contributed by atoms with Gasteiger partial charge in [0.2, 0.25) is 0 Å². The molecule has 0 saturated heterocycles. The van der Waals surface area contributed by atoms with Gasteiger partial charge in [-0.15, -0.1) is 0 Å². The predicted molar refractivity (Wildman–Crippen MR) is 37.2 cm³/mol. The van der Waals surface area contributed by atoms with Crippen molar-refractivity contribution in [2.24, 2.45) is 5.73 Å². The maximum absolute atomic E-state index is 5.60. The van der Waals surface area contributed by atoms with Crippen LogP contribution < -0.4 is 5.73 Å². The van der Waals surface area contributed by atoms with E-state index < -0.39 is 0 Å². The minimum absolute atomic E-state index is 0.119. The SMILES string of the molecule is CCO[C@]1(C)C[C@H](N)C1. The first-order chi connectivity index (χ1) is 4.16. The summed E-state index contributed by atoms with van der Waals surface area (Å²) in [6, 6.07) is 0.390. The fourth-order valence-corrected chi connectivity index (χ4v) is 1.52. The Morgan fingerprint density at radius 2 is 2.22 bits per heavy atom. The highest BCUT2D eigenvalue weighted by atomic mass is 16.5. The van der Waals surface area contributed by atoms with Crippen molar-refractivity contribution >= 4 is 0 Å². The summed E-state index contributed by atoms with van der Waals surface area (Å²) in [5.41, 5.74) is 5.72. The molecule has 1 rings (SSSR count). The van der Waals surface area contributed by atoms with Gasteiger partial charge in [-0.3, -0.25) is 0 Å². The molecule has 0 bridgehead atoms. The first-order valence-electron chi connectivity index (χ1n) is 3.56. The quantitative estimate of drug-likeness (QED) is 0.601. The van der Waals surface area contributed by atoms with Crippen LogP contribution in [0.15, 0.2) is 0 Å². The Labute approximate surface area is 56.4 Å². The topological polar surface area (TPSA) is 35.2 Å². The van der Waals surface area contributed by atoms with Crippen LogP contribution in [0.1, 0.15) is 26.7 Å². The highest BCUT2D eigenvalue weighted by Crippen LogP contribution is 2.33. The molecule has 0 radical (unpaired) electrons. The van der Waals surface area contributed by atoms with Crippen molar-refractivity contribution in [1.82, 2.24) is 0 Å². The number of hydrogen-bond acceptors (Lipinski definition) is 2. The second-order valence-corrected chi connectivity index (χ2v) is 3.05. The van der Waals surface area contributed by atoms with Gasteiger partial charge in [0.1, 0.15) is 0 Å². The van der Waals surface area contributed by atoms with E-state index in [1.165, 1.54) is 0 Å². The molecule has 1 aliphatic rings. The number of ether oxygens (including phenoxy) is 1. The highest BCUT2D eigenvalue weighted by Gasteiger charge is 2.38. The molecule has 0 spiro atoms. The van der Waals surface area contributed by atoms with Crippen molar-refractivity contribution in [2.75, 3.05) is 6.61 Å². The third-order valence-corrected chi connectivity index (χ3v) is 1.88. The molecule has 0 aromatic rings. The average molecular weight is 129 g/mol. The summed E-state index contributed by atoms with van der Waals surface area (Å²) < 4.78 is 5.46. The standard InChI is InChI=1S/C7H15NO/c1-3-9-7(2)4-6(8)5-7/h6H,3-5,8H2,1-2H3/t6-,7+. The second kappa shape index (κ2) is 2.27. The molecule has 0 aromatic heterocycles. The van der Waals surface area contributed by atoms with Gasteiger partial charge in [0, 0.05) is 12.6 Å². The molecule has 0 heterocycles. The highest BCUT2D eigenvalue weighted by molar-refractivity contribution is 4.94. The maximum atomic E-state index is 5.60. The molecule has 2 N–H and O–H groups in total. The summed E-state index contributed by atoms with van der Waals surface area (Å²) in [7, 11) is 0. The van der Waals surface area contributed by atoms with Crippen LogP contribution in [0.2, 0.25) is 0 Å². The van der Waals surface area contributed by atoms with Crippen LogP contribution >= 0.6 is 0 Å². The lowest BCUT2D eigenvalue weighted by atomic mass is 9.77. The lowest BCUT2D eigenvalue weighted by Crippen LogP contribution is -2.51. The molecule has 0 aromatic carbocycles. The summed E-state index contributed by atoms with van der Waals surface area (Å²) in [6.45, 7) is 4.96. The van der Waals surface area contributed by atoms with Crippen molar-refractivity contribution in [3.05, 3.63) is 0 Å². The summed E-state index contributed by atoms with van der Waals surface area (Å²) >= 11 is 0. The second-order valence-electron chi connectivity index (χ2n) is 3.05. The van der Waals surface area contributed by atoms with Crippen molar-refractivity contribution in [3.8, 4) is 0 Å². The molecule has 1 aliphatic carbocycles. The van der Waals surface area contributed by atoms with Gasteiger partial charge in [-0.2, -0.15) is 0 Å². The normalized spacial score (nSPS) is 42.3. The Morgan fingerprint density at radius 1 is 1.67 bits per heavy atom. The van der Waals surface area contributed by atoms with Crippen LogP contribution in [0.3, 0.4) is 0 Å². The van der Waals surface area contributed by atoms with E-state index >= 15 is 0 Å². The van der Waals surface area contributed by atoms with Crippen molar-refractivity contribution in [3.63, 3.8) is 0 Å². The van der Waals surface area contributed by atoms with Crippen LogP contribution in [0.4, 0.5) is 0 Å². The largest absolute Gasteiger partial charge is 0.375 e. The zero-order valence-corrected chi connectivity index (χ0v) is 6.18. The first-order valence-corrected chi connectivity index (χ1v) is 3.56. The van der Waals surface area contributed by atoms with Crippen LogP contribution in [-0.4, -0.2) is 18.2 Å². The molecule has 0 amide bonds. The summed E-state index contributed by atoms with van der Waals surface area (Å²) in [4.78, 5) is 0. The minimum atomic E-state index is 0.119. The molecular weight excluding hydrogens is 114 g/mol. The summed E-state index contributed by atoms with van der Waals surface area (Å²) in [6.07, 6.45) is 2.06. The summed E-state index contributed by atoms with van der Waals surface area (Å²) in [5.74, 6) is 0. The van der Waals surface area contributed by atoms with Crippen LogP contribution in [0.5, 0.6) is 0 Å². The van der Waals surface area contributed by atoms with Gasteiger partial charge in [-0.25, -0.2) is 0 Å². The van der Waals surface area contributed by atoms with E-state index in [-0.39, 0.29) is 5.60 Å². The van der Waals surface area contributed by atoms with Gasteiger partial charge in [0.05, 0.1) is 5.60 Å². The monoisotopic (exact) mass is 129 g/mol. The van der Waals surface area contributed by atoms with E-state index in [1.807, 2.05) is 6.92 Å². The zero-order valence-electron chi connectivity index (χ0n) is 6.18. The van der Waals surface area contributed by atoms with E-state index in [0.29, 0.717) is 6.04 Å². The number of hydrogen-bond donors (Lipinski definition) is 1. The number of nitrogens with two attached hydrogens (primary N) is 1. The predicted octanol–water partition coefficient (Wildman–Crippen LogP) is 0.903. The van der Waals surface area contributed by atoms with Gasteiger partial charge in [0.25, 0.3) is 0 Å². The van der Waals surface area contributed by atoms with E-state index in [9.17, 15) is 0 Å². The fourth-order valence-electron chi connectivity index (χ4n) is 1.52. The number of rotatable bonds is 2. The Balaban J connectivity index is 2.23. The lowest BCUT2D eigenvalue weighted by Gasteiger charge is -2.42. The molecular formula is C7H15NO. The van der Waals surface area contributed by atoms with Gasteiger partial charge >= 0.3 is 0 Å². The zero-order chi connectivity index (χ0) is 6.91. The van der Waals surface area contributed by atoms with Gasteiger partial charge in [0.15, 0.2) is 0 Å². The van der Waals surface area contributed by atoms with Crippen LogP contribution in [-0.2, 0) is 4.74 Å². The van der Waals surface area contributed by atoms with Gasteiger partial charge in [-0.05, 0) is 26.7 Å². The van der Waals surface area contributed by atoms with E-state index in [0.717, 1.165) is 19.4 Å². The van der Waals surface area contributed by atoms with Crippen molar-refractivity contribution in [2.45, 2.75) is 38.3 Å². The molecule has 0 aliphatic heterocycles. The molecule has 2 nitrogen and oxygen atoms in total. The Hall–Kier alpha value is -0.0800. The van der Waals surface area contributed by atoms with Crippen LogP contribution in [0, 0.1) is 0 Å². The van der Waals surface area contributed by atoms with Crippen molar-refractivity contribution < 1.29 is 4.74 Å². The molecule has 0 atom stereocenters. The fraction of sp³-hybridized carbons (Fsp3) is 1.00. The van der Waals surface area contributed by atoms with E-state index in [2.05, 4.69) is 6.92 Å². The third kappa shape index (κ3) is 1.43. The first kappa shape index (κ1) is 7.03. The molecule has 9 heavy (non-hydrogen) atoms. The smallest absolute Gasteiger partial charge is 0.0683 e. The lowest BCUT2D eigenvalue weighted by molar-refractivity contribution is -0.0896. The third-order valence-electron chi connectivity index (χ3n) is 1.88. The van der Waals surface area contributed by atoms with Gasteiger partial charge < -0.3 is 10.5 Å². The van der Waals surface area contributed by atoms with Crippen molar-refractivity contribution in [1.29, 1.82) is 0 Å². The molecule has 1 fully saturated rings. The minimum Gasteiger partial charge on any atom is -0.375 e. The average Bonchev–Trinajstić information content (AvgIpc) is 1.62. The van der Waals surface area contributed by atoms with E-state index in [4.69, 9.17) is 10.5 Å². The van der Waals surface area contributed by atoms with Crippen LogP contribution in [0.25, 0.3) is 0 Å².